The summed E-state index contributed by atoms with van der Waals surface area (Å²) in [6, 6.07) is 9.80. The third-order valence-corrected chi connectivity index (χ3v) is 3.57. The monoisotopic (exact) mass is 349 g/mol. The molecule has 7 heteroatoms. The van der Waals surface area contributed by atoms with Crippen LogP contribution >= 0.6 is 23.8 Å². The average molecular weight is 350 g/mol. The smallest absolute Gasteiger partial charge is 0.269 e. The number of benzene rings is 2. The normalized spacial score (nSPS) is 10.0. The minimum absolute atomic E-state index is 0.0143. The van der Waals surface area contributed by atoms with Crippen molar-refractivity contribution in [2.75, 3.05) is 5.32 Å². The van der Waals surface area contributed by atoms with E-state index in [-0.39, 0.29) is 10.9 Å². The summed E-state index contributed by atoms with van der Waals surface area (Å²) >= 11 is 11.3. The lowest BCUT2D eigenvalue weighted by Gasteiger charge is -2.15. The van der Waals surface area contributed by atoms with Crippen LogP contribution in [-0.2, 0) is 0 Å². The van der Waals surface area contributed by atoms with Crippen LogP contribution in [0.1, 0.15) is 21.5 Å². The van der Waals surface area contributed by atoms with E-state index in [0.717, 1.165) is 11.1 Å². The molecule has 23 heavy (non-hydrogen) atoms. The van der Waals surface area contributed by atoms with Crippen LogP contribution in [0.2, 0.25) is 5.02 Å². The van der Waals surface area contributed by atoms with Gasteiger partial charge in [-0.15, -0.1) is 0 Å². The van der Waals surface area contributed by atoms with Gasteiger partial charge in [0.2, 0.25) is 0 Å². The summed E-state index contributed by atoms with van der Waals surface area (Å²) in [5, 5.41) is 13.1. The van der Waals surface area contributed by atoms with E-state index in [1.807, 2.05) is 26.0 Å². The first kappa shape index (κ1) is 17.1. The van der Waals surface area contributed by atoms with Crippen LogP contribution in [-0.4, -0.2) is 16.1 Å². The maximum absolute atomic E-state index is 11.9. The fraction of sp³-hybridized carbons (Fsp3) is 0.125. The van der Waals surface area contributed by atoms with Crippen molar-refractivity contribution in [3.05, 3.63) is 58.1 Å². The Bertz CT molecular complexity index is 742. The predicted molar refractivity (Wildman–Crippen MR) is 95.9 cm³/mol. The van der Waals surface area contributed by atoms with E-state index in [4.69, 9.17) is 23.8 Å². The van der Waals surface area contributed by atoms with Crippen molar-refractivity contribution >= 4 is 40.5 Å². The Morgan fingerprint density at radius 1 is 1.17 bits per heavy atom. The predicted octanol–water partition coefficient (Wildman–Crippen LogP) is 3.29. The molecule has 0 aliphatic rings. The van der Waals surface area contributed by atoms with Gasteiger partial charge < -0.3 is 10.4 Å². The minimum Gasteiger partial charge on any atom is -0.508 e. The quantitative estimate of drug-likeness (QED) is 0.494. The fourth-order valence-electron chi connectivity index (χ4n) is 2.05. The van der Waals surface area contributed by atoms with Crippen LogP contribution in [0.25, 0.3) is 0 Å². The number of thiocarbonyl (C=S) groups is 1. The lowest BCUT2D eigenvalue weighted by molar-refractivity contribution is 0.0944. The van der Waals surface area contributed by atoms with Crippen LogP contribution in [0.4, 0.5) is 5.69 Å². The van der Waals surface area contributed by atoms with E-state index < -0.39 is 5.91 Å². The Balaban J connectivity index is 1.97. The Morgan fingerprint density at radius 3 is 2.57 bits per heavy atom. The maximum atomic E-state index is 11.9. The molecule has 0 bridgehead atoms. The van der Waals surface area contributed by atoms with Crippen molar-refractivity contribution in [1.29, 1.82) is 0 Å². The molecule has 2 aromatic carbocycles. The number of aromatic hydroxyl groups is 1. The van der Waals surface area contributed by atoms with Gasteiger partial charge >= 0.3 is 0 Å². The van der Waals surface area contributed by atoms with E-state index in [9.17, 15) is 9.90 Å². The zero-order chi connectivity index (χ0) is 17.0. The summed E-state index contributed by atoms with van der Waals surface area (Å²) in [5.41, 5.74) is 8.03. The highest BCUT2D eigenvalue weighted by atomic mass is 35.5. The lowest BCUT2D eigenvalue weighted by atomic mass is 10.1. The minimum atomic E-state index is -0.420. The first-order chi connectivity index (χ1) is 10.9. The molecule has 5 nitrogen and oxygen atoms in total. The molecule has 120 valence electrons. The number of nitrogens with one attached hydrogen (secondary N) is 3. The number of hydrogen-bond donors (Lipinski definition) is 4. The molecule has 0 aliphatic heterocycles. The number of aryl methyl sites for hydroxylation is 2. The van der Waals surface area contributed by atoms with E-state index in [2.05, 4.69) is 16.2 Å². The molecule has 4 N–H and O–H groups in total. The second-order valence-corrected chi connectivity index (χ2v) is 5.84. The molecule has 1 amide bonds. The van der Waals surface area contributed by atoms with E-state index in [1.165, 1.54) is 12.1 Å². The Labute approximate surface area is 144 Å². The van der Waals surface area contributed by atoms with Gasteiger partial charge in [-0.3, -0.25) is 15.6 Å². The third kappa shape index (κ3) is 4.58. The van der Waals surface area contributed by atoms with Crippen molar-refractivity contribution in [2.24, 2.45) is 0 Å². The van der Waals surface area contributed by atoms with E-state index in [0.29, 0.717) is 16.3 Å². The van der Waals surface area contributed by atoms with Gasteiger partial charge in [-0.1, -0.05) is 23.7 Å². The Morgan fingerprint density at radius 2 is 1.91 bits per heavy atom. The van der Waals surface area contributed by atoms with Gasteiger partial charge in [0.1, 0.15) is 5.75 Å². The van der Waals surface area contributed by atoms with Crippen LogP contribution in [0.3, 0.4) is 0 Å². The number of rotatable bonds is 2. The molecule has 0 saturated heterocycles. The van der Waals surface area contributed by atoms with Crippen LogP contribution in [0, 0.1) is 13.8 Å². The third-order valence-electron chi connectivity index (χ3n) is 3.07. The molecule has 0 saturated carbocycles. The summed E-state index contributed by atoms with van der Waals surface area (Å²) in [6.07, 6.45) is 0. The maximum Gasteiger partial charge on any atom is 0.269 e. The molecule has 0 aliphatic carbocycles. The standard InChI is InChI=1S/C16H16ClN3O2S/c1-9-6-10(2)14(13(17)7-9)18-16(23)20-19-15(22)11-4-3-5-12(21)8-11/h3-8,21H,1-2H3,(H,19,22)(H2,18,20,23). The number of anilines is 1. The van der Waals surface area contributed by atoms with Crippen LogP contribution in [0.5, 0.6) is 5.75 Å². The van der Waals surface area contributed by atoms with Crippen molar-refractivity contribution in [3.63, 3.8) is 0 Å². The fourth-order valence-corrected chi connectivity index (χ4v) is 2.57. The molecule has 2 aromatic rings. The second kappa shape index (κ2) is 7.30. The van der Waals surface area contributed by atoms with Crippen molar-refractivity contribution in [3.8, 4) is 5.75 Å². The first-order valence-electron chi connectivity index (χ1n) is 6.80. The second-order valence-electron chi connectivity index (χ2n) is 5.02. The molecular formula is C16H16ClN3O2S. The van der Waals surface area contributed by atoms with Gasteiger partial charge in [0.25, 0.3) is 5.91 Å². The summed E-state index contributed by atoms with van der Waals surface area (Å²) in [7, 11) is 0. The summed E-state index contributed by atoms with van der Waals surface area (Å²) < 4.78 is 0. The average Bonchev–Trinajstić information content (AvgIpc) is 2.48. The molecule has 0 atom stereocenters. The Kier molecular flexibility index (Phi) is 5.41. The van der Waals surface area contributed by atoms with Crippen molar-refractivity contribution in [1.82, 2.24) is 10.9 Å². The van der Waals surface area contributed by atoms with Crippen LogP contribution < -0.4 is 16.2 Å². The molecule has 0 heterocycles. The molecule has 0 spiro atoms. The topological polar surface area (TPSA) is 73.4 Å². The van der Waals surface area contributed by atoms with Gasteiger partial charge in [-0.25, -0.2) is 0 Å². The highest BCUT2D eigenvalue weighted by Gasteiger charge is 2.09. The SMILES string of the molecule is Cc1cc(C)c(NC(=S)NNC(=O)c2cccc(O)c2)c(Cl)c1. The number of carbonyl (C=O) groups is 1. The van der Waals surface area contributed by atoms with E-state index in [1.54, 1.807) is 12.1 Å². The van der Waals surface area contributed by atoms with Gasteiger partial charge in [0, 0.05) is 5.56 Å². The highest BCUT2D eigenvalue weighted by molar-refractivity contribution is 7.80. The number of halogens is 1. The summed E-state index contributed by atoms with van der Waals surface area (Å²) in [4.78, 5) is 11.9. The molecule has 2 rings (SSSR count). The van der Waals surface area contributed by atoms with Gasteiger partial charge in [-0.2, -0.15) is 0 Å². The molecular weight excluding hydrogens is 334 g/mol. The number of hydrazine groups is 1. The van der Waals surface area contributed by atoms with Crippen LogP contribution in [0.15, 0.2) is 36.4 Å². The van der Waals surface area contributed by atoms with Crippen molar-refractivity contribution < 1.29 is 9.90 Å². The molecule has 0 unspecified atom stereocenters. The Hall–Kier alpha value is -2.31. The molecule has 0 radical (unpaired) electrons. The number of hydrogen-bond acceptors (Lipinski definition) is 3. The highest BCUT2D eigenvalue weighted by Crippen LogP contribution is 2.27. The lowest BCUT2D eigenvalue weighted by Crippen LogP contribution is -2.43. The summed E-state index contributed by atoms with van der Waals surface area (Å²) in [6.45, 7) is 3.86. The number of phenols is 1. The van der Waals surface area contributed by atoms with Crippen molar-refractivity contribution in [2.45, 2.75) is 13.8 Å². The largest absolute Gasteiger partial charge is 0.508 e. The zero-order valence-electron chi connectivity index (χ0n) is 12.6. The van der Waals surface area contributed by atoms with E-state index >= 15 is 0 Å². The van der Waals surface area contributed by atoms with Gasteiger partial charge in [0.05, 0.1) is 10.7 Å². The van der Waals surface area contributed by atoms with Gasteiger partial charge in [0.15, 0.2) is 5.11 Å². The number of carbonyl (C=O) groups excluding carboxylic acids is 1. The molecule has 0 fully saturated rings. The zero-order valence-corrected chi connectivity index (χ0v) is 14.2. The summed E-state index contributed by atoms with van der Waals surface area (Å²) in [5.74, 6) is -0.405. The molecule has 0 aromatic heterocycles. The number of phenolic OH excluding ortho intramolecular Hbond substituents is 1. The number of amides is 1. The van der Waals surface area contributed by atoms with Gasteiger partial charge in [-0.05, 0) is 61.5 Å². The first-order valence-corrected chi connectivity index (χ1v) is 7.58.